The van der Waals surface area contributed by atoms with Gasteiger partial charge in [-0.3, -0.25) is 52.7 Å². The smallest absolute Gasteiger partial charge is 0.305 e. The minimum absolute atomic E-state index is 0.0262. The second kappa shape index (κ2) is 35.4. The topological polar surface area (TPSA) is 403 Å². The number of carboxylic acid groups (broad SMARTS) is 1. The van der Waals surface area contributed by atoms with Gasteiger partial charge < -0.3 is 73.4 Å². The van der Waals surface area contributed by atoms with E-state index in [4.69, 9.17) is 11.5 Å². The van der Waals surface area contributed by atoms with Gasteiger partial charge >= 0.3 is 5.97 Å². The van der Waals surface area contributed by atoms with Gasteiger partial charge in [0, 0.05) is 120 Å². The van der Waals surface area contributed by atoms with E-state index in [1.165, 1.54) is 101 Å². The van der Waals surface area contributed by atoms with Crippen molar-refractivity contribution in [1.82, 2.24) is 51.8 Å². The molecule has 0 radical (unpaired) electrons. The van der Waals surface area contributed by atoms with E-state index in [0.29, 0.717) is 81.6 Å². The first-order chi connectivity index (χ1) is 48.4. The lowest BCUT2D eigenvalue weighted by Crippen LogP contribution is -2.62. The average Bonchev–Trinajstić information content (AvgIpc) is 1.70. The summed E-state index contributed by atoms with van der Waals surface area (Å²) in [5.41, 5.74) is 14.5. The normalized spacial score (nSPS) is 22.9. The Morgan fingerprint density at radius 2 is 1.31 bits per heavy atom. The number of aromatic hydroxyl groups is 1. The molecule has 2 aliphatic rings. The molecule has 25 nitrogen and oxygen atoms in total. The molecule has 0 aliphatic carbocycles. The average molecular weight is 1430 g/mol. The van der Waals surface area contributed by atoms with Crippen molar-refractivity contribution in [2.24, 2.45) is 23.3 Å². The lowest BCUT2D eigenvalue weighted by Gasteiger charge is -2.37. The van der Waals surface area contributed by atoms with Crippen LogP contribution in [0.4, 0.5) is 8.78 Å². The van der Waals surface area contributed by atoms with Crippen molar-refractivity contribution in [3.05, 3.63) is 161 Å². The molecule has 101 heavy (non-hydrogen) atoms. The number of benzene rings is 4. The quantitative estimate of drug-likeness (QED) is 0.0603. The molecule has 1 fully saturated rings. The number of carboxylic acids is 1. The highest BCUT2D eigenvalue weighted by atomic mass is 32.2. The summed E-state index contributed by atoms with van der Waals surface area (Å²) in [5, 5.41) is 37.5. The molecule has 8 atom stereocenters. The Balaban J connectivity index is 1.06. The Kier molecular flexibility index (Phi) is 26.4. The van der Waals surface area contributed by atoms with E-state index in [1.807, 2.05) is 24.3 Å². The molecule has 9 rings (SSSR count). The van der Waals surface area contributed by atoms with E-state index in [-0.39, 0.29) is 62.1 Å². The summed E-state index contributed by atoms with van der Waals surface area (Å²) in [4.78, 5) is 168. The number of Topliss-reactive ketones (excluding diaryl/α,β-unsaturated/α-hetero) is 2. The van der Waals surface area contributed by atoms with Gasteiger partial charge in [0.2, 0.25) is 47.3 Å². The van der Waals surface area contributed by atoms with E-state index in [2.05, 4.69) is 46.9 Å². The second-order valence-corrected chi connectivity index (χ2v) is 28.0. The number of nitrogens with zero attached hydrogens (tertiary/aromatic N) is 1. The van der Waals surface area contributed by atoms with Crippen LogP contribution in [-0.2, 0) is 89.9 Å². The molecule has 536 valence electrons. The highest BCUT2D eigenvalue weighted by molar-refractivity contribution is 7.98. The van der Waals surface area contributed by atoms with Crippen LogP contribution in [0.25, 0.3) is 21.8 Å². The number of nitrogens with one attached hydrogen (secondary N) is 9. The van der Waals surface area contributed by atoms with Gasteiger partial charge in [-0.25, -0.2) is 8.78 Å². The number of amides is 8. The van der Waals surface area contributed by atoms with Crippen LogP contribution in [0.15, 0.2) is 116 Å². The number of aliphatic carboxylic acids is 1. The summed E-state index contributed by atoms with van der Waals surface area (Å²) < 4.78 is 29.9. The van der Waals surface area contributed by atoms with Crippen LogP contribution in [0.2, 0.25) is 0 Å². The molecular formula is C72H84F2N12O13S2. The molecule has 0 unspecified atom stereocenters. The number of unbranched alkanes of at least 4 members (excludes halogenated alkanes) is 1. The fourth-order valence-corrected chi connectivity index (χ4v) is 14.6. The molecule has 15 N–H and O–H groups in total. The Bertz CT molecular complexity index is 4150. The third-order valence-electron chi connectivity index (χ3n) is 18.3. The molecule has 2 bridgehead atoms. The first-order valence-corrected chi connectivity index (χ1v) is 35.7. The Morgan fingerprint density at radius 1 is 0.663 bits per heavy atom. The summed E-state index contributed by atoms with van der Waals surface area (Å²) in [7, 11) is 0. The molecule has 1 saturated heterocycles. The van der Waals surface area contributed by atoms with Crippen molar-refractivity contribution in [2.45, 2.75) is 138 Å². The highest BCUT2D eigenvalue weighted by Crippen LogP contribution is 2.32. The number of aromatic nitrogens is 3. The molecule has 29 heteroatoms. The van der Waals surface area contributed by atoms with Crippen LogP contribution in [0.5, 0.6) is 5.75 Å². The van der Waals surface area contributed by atoms with Gasteiger partial charge in [0.25, 0.3) is 0 Å². The van der Waals surface area contributed by atoms with Crippen LogP contribution in [0.1, 0.15) is 98.1 Å². The number of carbonyl (C=O) groups excluding carboxylic acids is 10. The van der Waals surface area contributed by atoms with Crippen molar-refractivity contribution < 1.29 is 71.7 Å². The number of thioether (sulfide) groups is 2. The molecule has 4 aromatic carbocycles. The summed E-state index contributed by atoms with van der Waals surface area (Å²) in [5.74, 6) is -12.2. The van der Waals surface area contributed by atoms with Gasteiger partial charge in [-0.05, 0) is 146 Å². The third kappa shape index (κ3) is 20.9. The number of hydrogen-bond acceptors (Lipinski definition) is 15. The first-order valence-electron chi connectivity index (χ1n) is 33.4. The molecular weight excluding hydrogens is 1340 g/mol. The summed E-state index contributed by atoms with van der Waals surface area (Å²) in [6.07, 6.45) is 4.35. The van der Waals surface area contributed by atoms with Crippen LogP contribution in [0.3, 0.4) is 0 Å². The zero-order valence-electron chi connectivity index (χ0n) is 55.7. The van der Waals surface area contributed by atoms with Crippen molar-refractivity contribution >= 4 is 110 Å². The lowest BCUT2D eigenvalue weighted by molar-refractivity contribution is -0.147. The van der Waals surface area contributed by atoms with Crippen LogP contribution >= 0.6 is 23.5 Å². The third-order valence-corrected chi connectivity index (χ3v) is 20.4. The fraction of sp³-hybridized carbons (Fsp3) is 0.403. The van der Waals surface area contributed by atoms with Gasteiger partial charge in [0.15, 0.2) is 11.6 Å². The van der Waals surface area contributed by atoms with Gasteiger partial charge in [-0.15, -0.1) is 0 Å². The summed E-state index contributed by atoms with van der Waals surface area (Å²) in [6.45, 7) is 1.27. The zero-order valence-corrected chi connectivity index (χ0v) is 57.3. The van der Waals surface area contributed by atoms with Gasteiger partial charge in [0.05, 0.1) is 19.0 Å². The Labute approximate surface area is 589 Å². The SMILES string of the molecule is C[C@@]12CCCN1C(=O)[C@H](Cc1ccc(O)cc1)NC(=O)[C@H](Cc1cc[nH]c1)CC(=O)[C@H](CC(=O)O)NC(=O)[C@H](Cc1c[nH]c3ccc(F)cc13)NC(=O)[C@H](Cc1c[nH]c3ccc(F)cc13)CC(=O)CNC(=O)[C@H](CCCCN)NC(=O)CCSCc1cccc(c1)CSC[C@@H](C(N)=O)NC2=O. The van der Waals surface area contributed by atoms with Crippen molar-refractivity contribution in [2.75, 3.05) is 31.1 Å². The number of phenols is 1. The number of primary amides is 1. The molecule has 8 amide bonds. The Hall–Kier alpha value is -9.87. The number of fused-ring (bicyclic) bond motifs is 5. The molecule has 3 aromatic heterocycles. The minimum Gasteiger partial charge on any atom is -0.508 e. The van der Waals surface area contributed by atoms with Gasteiger partial charge in [0.1, 0.15) is 47.1 Å². The van der Waals surface area contributed by atoms with Crippen molar-refractivity contribution in [1.29, 1.82) is 0 Å². The standard InChI is InChI=1S/C72H84F2N12O13S2/c1-72-19-5-22-86(72)70(98)60(26-41-9-13-51(87)14-10-41)84-66(94)45(25-42-17-21-77-34-42)30-62(89)58(33-64(91)92)82-69(97)59(29-48-36-79-56-16-12-50(74)32-54(48)56)83-67(95)46(27-47-35-78-55-15-11-49(73)31-53(47)55)28-52(88)37-80-68(96)57(8-2-3-20-75)81-63(90)18-23-100-38-43-6-4-7-44(24-43)39-101-40-61(65(76)93)85-71(72)99/h4,6-7,9-17,21,24,31-32,34-36,45-46,57-61,77-79,87H,2-3,5,8,18-20,22-23,25-30,33,37-40,75H2,1H3,(H2,76,93)(H,80,96)(H,81,90)(H,82,97)(H,83,95)(H,84,94)(H,85,99)(H,91,92)/t45-,46-,57+,58+,59+,60+,61+,72+/m1/s1. The molecule has 7 aromatic rings. The van der Waals surface area contributed by atoms with E-state index in [0.717, 1.165) is 11.1 Å². The maximum atomic E-state index is 15.2. The number of carbonyl (C=O) groups is 11. The van der Waals surface area contributed by atoms with Crippen molar-refractivity contribution in [3.63, 3.8) is 0 Å². The molecule has 0 spiro atoms. The zero-order chi connectivity index (χ0) is 72.3. The number of aromatic amines is 3. The largest absolute Gasteiger partial charge is 0.508 e. The van der Waals surface area contributed by atoms with Crippen LogP contribution in [0, 0.1) is 23.5 Å². The molecule has 0 saturated carbocycles. The van der Waals surface area contributed by atoms with E-state index in [9.17, 15) is 52.6 Å². The maximum absolute atomic E-state index is 15.2. The highest BCUT2D eigenvalue weighted by Gasteiger charge is 2.49. The minimum atomic E-state index is -1.90. The Morgan fingerprint density at radius 3 is 1.95 bits per heavy atom. The first kappa shape index (κ1) is 75.3. The van der Waals surface area contributed by atoms with Crippen LogP contribution < -0.4 is 43.4 Å². The van der Waals surface area contributed by atoms with Gasteiger partial charge in [-0.1, -0.05) is 36.4 Å². The van der Waals surface area contributed by atoms with E-state index < -0.39 is 156 Å². The number of rotatable bonds is 15. The monoisotopic (exact) mass is 1430 g/mol. The maximum Gasteiger partial charge on any atom is 0.305 e. The van der Waals surface area contributed by atoms with Gasteiger partial charge in [-0.2, -0.15) is 23.5 Å². The summed E-state index contributed by atoms with van der Waals surface area (Å²) in [6, 6.07) is 15.6. The fourth-order valence-electron chi connectivity index (χ4n) is 12.7. The number of halogens is 2. The number of hydrogen-bond donors (Lipinski definition) is 13. The van der Waals surface area contributed by atoms with E-state index >= 15 is 19.2 Å². The number of nitrogens with two attached hydrogens (primary N) is 2. The van der Waals surface area contributed by atoms with Crippen molar-refractivity contribution in [3.8, 4) is 5.75 Å². The number of ketones is 2. The number of phenolic OH excluding ortho intramolecular Hbond substituents is 1. The molecule has 5 heterocycles. The molecule has 2 aliphatic heterocycles. The van der Waals surface area contributed by atoms with E-state index in [1.54, 1.807) is 25.4 Å². The summed E-state index contributed by atoms with van der Waals surface area (Å²) >= 11 is 2.81. The predicted molar refractivity (Wildman–Crippen MR) is 376 cm³/mol. The number of H-pyrrole nitrogens is 3. The second-order valence-electron chi connectivity index (χ2n) is 25.9. The van der Waals surface area contributed by atoms with Crippen LogP contribution in [-0.4, -0.2) is 162 Å². The predicted octanol–water partition coefficient (Wildman–Crippen LogP) is 4.96. The lowest BCUT2D eigenvalue weighted by atomic mass is 9.90.